The number of nitrogens with zero attached hydrogens (tertiary/aromatic N) is 3. The lowest BCUT2D eigenvalue weighted by Gasteiger charge is -1.97. The van der Waals surface area contributed by atoms with E-state index in [0.717, 1.165) is 11.8 Å². The van der Waals surface area contributed by atoms with Crippen LogP contribution >= 0.6 is 11.8 Å². The highest BCUT2D eigenvalue weighted by molar-refractivity contribution is 8.18. The van der Waals surface area contributed by atoms with Gasteiger partial charge in [0.05, 0.1) is 15.4 Å². The molecule has 1 saturated heterocycles. The van der Waals surface area contributed by atoms with E-state index in [1.807, 2.05) is 12.1 Å². The Labute approximate surface area is 150 Å². The van der Waals surface area contributed by atoms with E-state index in [1.54, 1.807) is 30.3 Å². The molecule has 8 nitrogen and oxygen atoms in total. The zero-order valence-electron chi connectivity index (χ0n) is 13.1. The molecule has 0 saturated carbocycles. The van der Waals surface area contributed by atoms with Gasteiger partial charge in [0.1, 0.15) is 5.52 Å². The maximum atomic E-state index is 12.1. The van der Waals surface area contributed by atoms with Crippen LogP contribution in [-0.4, -0.2) is 21.0 Å². The SMILES string of the molecule is O=C1N/C(=N\c2nc3ccccc3o2)S/C1=C\c1ccccc1[N+](=O)[O-]. The third kappa shape index (κ3) is 3.07. The zero-order chi connectivity index (χ0) is 18.1. The van der Waals surface area contributed by atoms with E-state index in [2.05, 4.69) is 15.3 Å². The molecule has 4 rings (SSSR count). The molecule has 2 heterocycles. The minimum atomic E-state index is -0.489. The lowest BCUT2D eigenvalue weighted by Crippen LogP contribution is -2.19. The quantitative estimate of drug-likeness (QED) is 0.430. The number of fused-ring (bicyclic) bond motifs is 1. The van der Waals surface area contributed by atoms with Crippen LogP contribution in [-0.2, 0) is 4.79 Å². The van der Waals surface area contributed by atoms with Crippen molar-refractivity contribution in [1.29, 1.82) is 0 Å². The van der Waals surface area contributed by atoms with E-state index < -0.39 is 4.92 Å². The van der Waals surface area contributed by atoms with Gasteiger partial charge in [-0.25, -0.2) is 0 Å². The number of hydrogen-bond donors (Lipinski definition) is 1. The van der Waals surface area contributed by atoms with Gasteiger partial charge in [0.15, 0.2) is 10.8 Å². The summed E-state index contributed by atoms with van der Waals surface area (Å²) in [4.78, 5) is 31.4. The highest BCUT2D eigenvalue weighted by Gasteiger charge is 2.25. The van der Waals surface area contributed by atoms with Gasteiger partial charge in [-0.3, -0.25) is 14.9 Å². The van der Waals surface area contributed by atoms with Gasteiger partial charge >= 0.3 is 6.01 Å². The molecule has 9 heteroatoms. The normalized spacial score (nSPS) is 17.2. The lowest BCUT2D eigenvalue weighted by atomic mass is 10.1. The maximum Gasteiger partial charge on any atom is 0.325 e. The number of para-hydroxylation sites is 3. The number of rotatable bonds is 3. The molecule has 0 atom stereocenters. The van der Waals surface area contributed by atoms with Crippen molar-refractivity contribution in [3.05, 3.63) is 69.1 Å². The summed E-state index contributed by atoms with van der Waals surface area (Å²) >= 11 is 1.07. The van der Waals surface area contributed by atoms with Crippen LogP contribution in [0.1, 0.15) is 5.56 Å². The molecule has 128 valence electrons. The number of oxazole rings is 1. The van der Waals surface area contributed by atoms with Gasteiger partial charge < -0.3 is 9.73 Å². The highest BCUT2D eigenvalue weighted by Crippen LogP contribution is 2.31. The summed E-state index contributed by atoms with van der Waals surface area (Å²) < 4.78 is 5.50. The summed E-state index contributed by atoms with van der Waals surface area (Å²) in [6.07, 6.45) is 1.46. The zero-order valence-corrected chi connectivity index (χ0v) is 13.9. The Morgan fingerprint density at radius 3 is 2.77 bits per heavy atom. The fourth-order valence-electron chi connectivity index (χ4n) is 2.39. The molecule has 0 unspecified atom stereocenters. The third-order valence-electron chi connectivity index (χ3n) is 3.55. The molecule has 1 N–H and O–H groups in total. The molecule has 0 bridgehead atoms. The summed E-state index contributed by atoms with van der Waals surface area (Å²) in [5, 5.41) is 14.0. The topological polar surface area (TPSA) is 111 Å². The van der Waals surface area contributed by atoms with Gasteiger partial charge in [-0.2, -0.15) is 9.98 Å². The monoisotopic (exact) mass is 366 g/mol. The van der Waals surface area contributed by atoms with Crippen molar-refractivity contribution in [2.24, 2.45) is 4.99 Å². The maximum absolute atomic E-state index is 12.1. The Morgan fingerprint density at radius 2 is 1.96 bits per heavy atom. The van der Waals surface area contributed by atoms with E-state index in [0.29, 0.717) is 26.7 Å². The molecular weight excluding hydrogens is 356 g/mol. The molecular formula is C17H10N4O4S. The first-order valence-corrected chi connectivity index (χ1v) is 8.30. The van der Waals surface area contributed by atoms with E-state index in [1.165, 1.54) is 12.1 Å². The second-order valence-corrected chi connectivity index (χ2v) is 6.29. The Balaban J connectivity index is 1.64. The average Bonchev–Trinajstić information content (AvgIpc) is 3.18. The molecule has 1 fully saturated rings. The number of amides is 1. The predicted molar refractivity (Wildman–Crippen MR) is 97.9 cm³/mol. The molecule has 0 radical (unpaired) electrons. The number of carbonyl (C=O) groups excluding carboxylic acids is 1. The summed E-state index contributed by atoms with van der Waals surface area (Å²) in [5.41, 5.74) is 1.53. The second kappa shape index (κ2) is 6.45. The number of thioether (sulfide) groups is 1. The smallest absolute Gasteiger partial charge is 0.325 e. The molecule has 1 aliphatic rings. The van der Waals surface area contributed by atoms with Crippen LogP contribution in [0, 0.1) is 10.1 Å². The number of benzene rings is 2. The summed E-state index contributed by atoms with van der Waals surface area (Å²) in [6.45, 7) is 0. The van der Waals surface area contributed by atoms with Gasteiger partial charge in [-0.15, -0.1) is 0 Å². The molecule has 26 heavy (non-hydrogen) atoms. The number of nitrogens with one attached hydrogen (secondary N) is 1. The van der Waals surface area contributed by atoms with Gasteiger partial charge in [0, 0.05) is 6.07 Å². The van der Waals surface area contributed by atoms with Crippen molar-refractivity contribution >= 4 is 51.7 Å². The predicted octanol–water partition coefficient (Wildman–Crippen LogP) is 3.63. The molecule has 1 amide bonds. The van der Waals surface area contributed by atoms with Gasteiger partial charge in [-0.1, -0.05) is 24.3 Å². The first-order chi connectivity index (χ1) is 12.6. The summed E-state index contributed by atoms with van der Waals surface area (Å²) in [7, 11) is 0. The number of amidine groups is 1. The van der Waals surface area contributed by atoms with Crippen LogP contribution in [0.25, 0.3) is 17.2 Å². The first kappa shape index (κ1) is 16.0. The first-order valence-electron chi connectivity index (χ1n) is 7.49. The van der Waals surface area contributed by atoms with Crippen molar-refractivity contribution in [2.75, 3.05) is 0 Å². The van der Waals surface area contributed by atoms with E-state index in [4.69, 9.17) is 4.42 Å². The van der Waals surface area contributed by atoms with E-state index in [-0.39, 0.29) is 17.6 Å². The van der Waals surface area contributed by atoms with Crippen molar-refractivity contribution in [1.82, 2.24) is 10.3 Å². The molecule has 1 aliphatic heterocycles. The Hall–Kier alpha value is -3.46. The molecule has 2 aromatic carbocycles. The van der Waals surface area contributed by atoms with Gasteiger partial charge in [0.25, 0.3) is 11.6 Å². The van der Waals surface area contributed by atoms with Crippen LogP contribution in [0.15, 0.2) is 62.8 Å². The molecule has 0 spiro atoms. The number of aliphatic imine (C=N–C) groups is 1. The van der Waals surface area contributed by atoms with Crippen LogP contribution in [0.2, 0.25) is 0 Å². The van der Waals surface area contributed by atoms with E-state index >= 15 is 0 Å². The van der Waals surface area contributed by atoms with Crippen LogP contribution < -0.4 is 5.32 Å². The van der Waals surface area contributed by atoms with Crippen LogP contribution in [0.4, 0.5) is 11.7 Å². The second-order valence-electron chi connectivity index (χ2n) is 5.26. The fourth-order valence-corrected chi connectivity index (χ4v) is 3.20. The third-order valence-corrected chi connectivity index (χ3v) is 4.46. The fraction of sp³-hybridized carbons (Fsp3) is 0. The minimum absolute atomic E-state index is 0.0715. The number of aromatic nitrogens is 1. The standard InChI is InChI=1S/C17H10N4O4S/c22-15-14(9-10-5-1-3-7-12(10)21(23)24)26-17(19-15)20-16-18-11-6-2-4-8-13(11)25-16/h1-9H,(H,18,19,20,22)/b14-9-. The lowest BCUT2D eigenvalue weighted by molar-refractivity contribution is -0.385. The summed E-state index contributed by atoms with van der Waals surface area (Å²) in [6, 6.07) is 13.6. The van der Waals surface area contributed by atoms with E-state index in [9.17, 15) is 14.9 Å². The highest BCUT2D eigenvalue weighted by atomic mass is 32.2. The Kier molecular flexibility index (Phi) is 3.98. The van der Waals surface area contributed by atoms with Crippen molar-refractivity contribution in [3.63, 3.8) is 0 Å². The van der Waals surface area contributed by atoms with Crippen molar-refractivity contribution in [3.8, 4) is 0 Å². The van der Waals surface area contributed by atoms with Crippen LogP contribution in [0.5, 0.6) is 0 Å². The number of nitro benzene ring substituents is 1. The molecule has 1 aromatic heterocycles. The van der Waals surface area contributed by atoms with Crippen molar-refractivity contribution in [2.45, 2.75) is 0 Å². The Bertz CT molecular complexity index is 1070. The van der Waals surface area contributed by atoms with Gasteiger partial charge in [0.2, 0.25) is 0 Å². The molecule has 3 aromatic rings. The summed E-state index contributed by atoms with van der Waals surface area (Å²) in [5.74, 6) is -0.386. The van der Waals surface area contributed by atoms with Crippen LogP contribution in [0.3, 0.4) is 0 Å². The number of nitro groups is 1. The minimum Gasteiger partial charge on any atom is -0.422 e. The molecule has 0 aliphatic carbocycles. The van der Waals surface area contributed by atoms with Gasteiger partial charge in [-0.05, 0) is 36.0 Å². The Morgan fingerprint density at radius 1 is 1.19 bits per heavy atom. The van der Waals surface area contributed by atoms with Crippen molar-refractivity contribution < 1.29 is 14.1 Å². The largest absolute Gasteiger partial charge is 0.422 e. The number of carbonyl (C=O) groups is 1. The average molecular weight is 366 g/mol. The number of hydrogen-bond acceptors (Lipinski definition) is 7.